The Labute approximate surface area is 126 Å². The van der Waals surface area contributed by atoms with Gasteiger partial charge in [0.15, 0.2) is 0 Å². The van der Waals surface area contributed by atoms with Gasteiger partial charge >= 0.3 is 0 Å². The molecule has 22 heavy (non-hydrogen) atoms. The molecule has 5 amide bonds. The van der Waals surface area contributed by atoms with Crippen molar-refractivity contribution in [3.8, 4) is 0 Å². The van der Waals surface area contributed by atoms with Crippen LogP contribution in [0.2, 0.25) is 0 Å². The van der Waals surface area contributed by atoms with E-state index in [0.717, 1.165) is 0 Å². The molecule has 10 nitrogen and oxygen atoms in total. The molecule has 0 aliphatic carbocycles. The Hall–Kier alpha value is -2.65. The highest BCUT2D eigenvalue weighted by Gasteiger charge is 2.31. The summed E-state index contributed by atoms with van der Waals surface area (Å²) in [5.74, 6) is -3.19. The number of amides is 5. The van der Waals surface area contributed by atoms with E-state index in [2.05, 4.69) is 16.0 Å². The maximum Gasteiger partial charge on any atom is 0.243 e. The first-order valence-electron chi connectivity index (χ1n) is 6.68. The minimum absolute atomic E-state index is 0.212. The minimum atomic E-state index is -1.25. The summed E-state index contributed by atoms with van der Waals surface area (Å²) in [6.07, 6.45) is 0.0699. The molecule has 0 aromatic carbocycles. The smallest absolute Gasteiger partial charge is 0.243 e. The summed E-state index contributed by atoms with van der Waals surface area (Å²) >= 11 is 0. The van der Waals surface area contributed by atoms with Crippen LogP contribution in [0.5, 0.6) is 0 Å². The van der Waals surface area contributed by atoms with Gasteiger partial charge in [-0.15, -0.1) is 0 Å². The molecular formula is C12H19N5O5. The van der Waals surface area contributed by atoms with Gasteiger partial charge in [0.05, 0.1) is 6.42 Å². The van der Waals surface area contributed by atoms with Crippen molar-refractivity contribution in [1.29, 1.82) is 0 Å². The number of rotatable bonds is 7. The van der Waals surface area contributed by atoms with E-state index in [-0.39, 0.29) is 12.3 Å². The second-order valence-corrected chi connectivity index (χ2v) is 5.02. The summed E-state index contributed by atoms with van der Waals surface area (Å²) in [5.41, 5.74) is 10.1. The van der Waals surface area contributed by atoms with Crippen molar-refractivity contribution in [1.82, 2.24) is 16.0 Å². The number of hydrogen-bond acceptors (Lipinski definition) is 5. The Kier molecular flexibility index (Phi) is 5.84. The van der Waals surface area contributed by atoms with Gasteiger partial charge < -0.3 is 27.4 Å². The van der Waals surface area contributed by atoms with E-state index >= 15 is 0 Å². The fraction of sp³-hybridized carbons (Fsp3) is 0.583. The molecule has 3 unspecified atom stereocenters. The maximum absolute atomic E-state index is 12.0. The zero-order valence-electron chi connectivity index (χ0n) is 12.0. The second-order valence-electron chi connectivity index (χ2n) is 5.02. The molecule has 1 aliphatic heterocycles. The highest BCUT2D eigenvalue weighted by atomic mass is 16.2. The number of carbonyl (C=O) groups is 5. The number of hydrogen-bond donors (Lipinski definition) is 5. The monoisotopic (exact) mass is 313 g/mol. The van der Waals surface area contributed by atoms with Gasteiger partial charge in [0.2, 0.25) is 29.5 Å². The van der Waals surface area contributed by atoms with Crippen LogP contribution in [0.1, 0.15) is 26.2 Å². The Balaban J connectivity index is 2.69. The van der Waals surface area contributed by atoms with Crippen molar-refractivity contribution in [2.75, 3.05) is 0 Å². The minimum Gasteiger partial charge on any atom is -0.370 e. The zero-order valence-corrected chi connectivity index (χ0v) is 12.0. The van der Waals surface area contributed by atoms with Crippen molar-refractivity contribution in [2.24, 2.45) is 11.5 Å². The molecule has 1 saturated heterocycles. The highest BCUT2D eigenvalue weighted by Crippen LogP contribution is 2.07. The lowest BCUT2D eigenvalue weighted by molar-refractivity contribution is -0.133. The Morgan fingerprint density at radius 3 is 2.36 bits per heavy atom. The molecule has 0 aromatic heterocycles. The van der Waals surface area contributed by atoms with E-state index in [0.29, 0.717) is 6.42 Å². The van der Waals surface area contributed by atoms with Crippen molar-refractivity contribution in [3.05, 3.63) is 0 Å². The third kappa shape index (κ3) is 5.04. The van der Waals surface area contributed by atoms with Gasteiger partial charge in [-0.1, -0.05) is 0 Å². The molecule has 3 atom stereocenters. The van der Waals surface area contributed by atoms with E-state index < -0.39 is 48.2 Å². The zero-order chi connectivity index (χ0) is 16.9. The van der Waals surface area contributed by atoms with Crippen LogP contribution in [0, 0.1) is 0 Å². The van der Waals surface area contributed by atoms with Crippen molar-refractivity contribution < 1.29 is 24.0 Å². The molecule has 0 aromatic rings. The Morgan fingerprint density at radius 1 is 1.27 bits per heavy atom. The fourth-order valence-corrected chi connectivity index (χ4v) is 1.88. The summed E-state index contributed by atoms with van der Waals surface area (Å²) in [4.78, 5) is 57.0. The van der Waals surface area contributed by atoms with Gasteiger partial charge in [-0.05, 0) is 13.3 Å². The van der Waals surface area contributed by atoms with Gasteiger partial charge in [-0.25, -0.2) is 0 Å². The Morgan fingerprint density at radius 2 is 1.91 bits per heavy atom. The van der Waals surface area contributed by atoms with Gasteiger partial charge in [0.1, 0.15) is 18.1 Å². The summed E-state index contributed by atoms with van der Waals surface area (Å²) < 4.78 is 0. The third-order valence-electron chi connectivity index (χ3n) is 3.14. The summed E-state index contributed by atoms with van der Waals surface area (Å²) in [7, 11) is 0. The quantitative estimate of drug-likeness (QED) is 0.329. The molecule has 1 rings (SSSR count). The third-order valence-corrected chi connectivity index (χ3v) is 3.14. The number of carbonyl (C=O) groups excluding carboxylic acids is 5. The van der Waals surface area contributed by atoms with Crippen LogP contribution in [0.15, 0.2) is 0 Å². The summed E-state index contributed by atoms with van der Waals surface area (Å²) in [5, 5.41) is 7.04. The van der Waals surface area contributed by atoms with Crippen molar-refractivity contribution in [2.45, 2.75) is 44.3 Å². The molecule has 1 fully saturated rings. The lowest BCUT2D eigenvalue weighted by atomic mass is 10.1. The first-order valence-corrected chi connectivity index (χ1v) is 6.68. The predicted octanol–water partition coefficient (Wildman–Crippen LogP) is -3.38. The molecule has 0 radical (unpaired) electrons. The largest absolute Gasteiger partial charge is 0.370 e. The lowest BCUT2D eigenvalue weighted by Gasteiger charge is -2.20. The highest BCUT2D eigenvalue weighted by molar-refractivity contribution is 5.96. The summed E-state index contributed by atoms with van der Waals surface area (Å²) in [6, 6.07) is -2.97. The maximum atomic E-state index is 12.0. The van der Waals surface area contributed by atoms with Crippen LogP contribution < -0.4 is 27.4 Å². The van der Waals surface area contributed by atoms with Crippen LogP contribution in [0.3, 0.4) is 0 Å². The topological polar surface area (TPSA) is 173 Å². The average Bonchev–Trinajstić information content (AvgIpc) is 2.83. The molecule has 0 spiro atoms. The second kappa shape index (κ2) is 7.38. The molecule has 122 valence electrons. The van der Waals surface area contributed by atoms with Gasteiger partial charge in [0.25, 0.3) is 0 Å². The van der Waals surface area contributed by atoms with Crippen LogP contribution in [0.4, 0.5) is 0 Å². The molecule has 1 aliphatic rings. The van der Waals surface area contributed by atoms with Crippen LogP contribution in [-0.4, -0.2) is 47.7 Å². The lowest BCUT2D eigenvalue weighted by Crippen LogP contribution is -2.55. The van der Waals surface area contributed by atoms with E-state index in [1.165, 1.54) is 6.92 Å². The summed E-state index contributed by atoms with van der Waals surface area (Å²) in [6.45, 7) is 1.36. The SMILES string of the molecule is CC(NC(=O)C(CC(N)=O)NC(=O)C1CCC(=O)N1)C(N)=O. The Bertz CT molecular complexity index is 506. The standard InChI is InChI=1S/C12H19N5O5/c1-5(10(14)20)15-12(22)7(4-8(13)18)17-11(21)6-2-3-9(19)16-6/h5-7H,2-4H2,1H3,(H2,13,18)(H2,14,20)(H,15,22)(H,16,19)(H,17,21). The molecule has 0 saturated carbocycles. The van der Waals surface area contributed by atoms with E-state index in [1.807, 2.05) is 0 Å². The number of primary amides is 2. The molecular weight excluding hydrogens is 294 g/mol. The average molecular weight is 313 g/mol. The first kappa shape index (κ1) is 17.4. The predicted molar refractivity (Wildman–Crippen MR) is 73.7 cm³/mol. The van der Waals surface area contributed by atoms with Crippen LogP contribution in [-0.2, 0) is 24.0 Å². The van der Waals surface area contributed by atoms with Crippen LogP contribution >= 0.6 is 0 Å². The van der Waals surface area contributed by atoms with Gasteiger partial charge in [0, 0.05) is 6.42 Å². The molecule has 0 bridgehead atoms. The van der Waals surface area contributed by atoms with Crippen molar-refractivity contribution in [3.63, 3.8) is 0 Å². The number of nitrogens with two attached hydrogens (primary N) is 2. The molecule has 7 N–H and O–H groups in total. The van der Waals surface area contributed by atoms with Gasteiger partial charge in [-0.2, -0.15) is 0 Å². The molecule has 10 heteroatoms. The van der Waals surface area contributed by atoms with Gasteiger partial charge in [-0.3, -0.25) is 24.0 Å². The number of nitrogens with one attached hydrogen (secondary N) is 3. The van der Waals surface area contributed by atoms with E-state index in [4.69, 9.17) is 11.5 Å². The van der Waals surface area contributed by atoms with E-state index in [1.54, 1.807) is 0 Å². The van der Waals surface area contributed by atoms with Crippen molar-refractivity contribution >= 4 is 29.5 Å². The fourth-order valence-electron chi connectivity index (χ4n) is 1.88. The van der Waals surface area contributed by atoms with E-state index in [9.17, 15) is 24.0 Å². The molecule has 1 heterocycles. The van der Waals surface area contributed by atoms with Crippen LogP contribution in [0.25, 0.3) is 0 Å². The first-order chi connectivity index (χ1) is 10.2. The normalized spacial score (nSPS) is 19.7.